The highest BCUT2D eigenvalue weighted by atomic mass is 32.1. The molecule has 0 unspecified atom stereocenters. The van der Waals surface area contributed by atoms with Crippen molar-refractivity contribution in [2.45, 2.75) is 6.92 Å². The van der Waals surface area contributed by atoms with E-state index in [4.69, 9.17) is 0 Å². The summed E-state index contributed by atoms with van der Waals surface area (Å²) in [6.45, 7) is 1.88. The number of nitrogens with zero attached hydrogens (tertiary/aromatic N) is 3. The van der Waals surface area contributed by atoms with Gasteiger partial charge in [0.25, 0.3) is 11.6 Å². The highest BCUT2D eigenvalue weighted by molar-refractivity contribution is 7.19. The number of aromatic nitrogens is 2. The number of fused-ring (bicyclic) bond motifs is 3. The maximum absolute atomic E-state index is 12.6. The van der Waals surface area contributed by atoms with Gasteiger partial charge < -0.3 is 5.32 Å². The summed E-state index contributed by atoms with van der Waals surface area (Å²) in [5, 5.41) is 13.5. The van der Waals surface area contributed by atoms with Crippen molar-refractivity contribution in [1.82, 2.24) is 9.38 Å². The van der Waals surface area contributed by atoms with Crippen LogP contribution in [-0.4, -0.2) is 20.2 Å². The van der Waals surface area contributed by atoms with Gasteiger partial charge in [0.1, 0.15) is 4.88 Å². The third-order valence-electron chi connectivity index (χ3n) is 3.93. The van der Waals surface area contributed by atoms with E-state index in [1.54, 1.807) is 0 Å². The molecule has 4 aromatic rings. The molecule has 0 saturated heterocycles. The molecule has 1 amide bonds. The minimum absolute atomic E-state index is 0.0183. The van der Waals surface area contributed by atoms with Gasteiger partial charge >= 0.3 is 0 Å². The number of nitrogens with one attached hydrogen (secondary N) is 1. The average Bonchev–Trinajstić information content (AvgIpc) is 3.12. The van der Waals surface area contributed by atoms with Crippen LogP contribution in [0.5, 0.6) is 0 Å². The largest absolute Gasteiger partial charge is 0.321 e. The third-order valence-corrected chi connectivity index (χ3v) is 5.07. The number of rotatable bonds is 3. The molecule has 0 aliphatic carbocycles. The number of aryl methyl sites for hydroxylation is 1. The number of carbonyl (C=O) groups excluding carboxylic acids is 1. The molecule has 8 heteroatoms. The normalized spacial score (nSPS) is 11.1. The van der Waals surface area contributed by atoms with Crippen molar-refractivity contribution in [3.05, 3.63) is 69.2 Å². The maximum atomic E-state index is 12.6. The molecule has 124 valence electrons. The van der Waals surface area contributed by atoms with Crippen molar-refractivity contribution in [3.8, 4) is 0 Å². The molecule has 2 aromatic heterocycles. The van der Waals surface area contributed by atoms with Crippen LogP contribution in [0.1, 0.15) is 15.4 Å². The zero-order valence-electron chi connectivity index (χ0n) is 13.1. The summed E-state index contributed by atoms with van der Waals surface area (Å²) < 4.78 is 1.96. The van der Waals surface area contributed by atoms with E-state index in [0.29, 0.717) is 10.6 Å². The molecule has 2 heterocycles. The van der Waals surface area contributed by atoms with Crippen molar-refractivity contribution >= 4 is 44.6 Å². The lowest BCUT2D eigenvalue weighted by molar-refractivity contribution is -0.384. The van der Waals surface area contributed by atoms with E-state index in [0.717, 1.165) is 21.7 Å². The summed E-state index contributed by atoms with van der Waals surface area (Å²) >= 11 is 1.32. The maximum Gasteiger partial charge on any atom is 0.269 e. The van der Waals surface area contributed by atoms with Gasteiger partial charge in [0.2, 0.25) is 0 Å². The lowest BCUT2D eigenvalue weighted by Gasteiger charge is -2.04. The summed E-state index contributed by atoms with van der Waals surface area (Å²) in [4.78, 5) is 28.7. The molecule has 0 bridgehead atoms. The van der Waals surface area contributed by atoms with Crippen LogP contribution in [0.3, 0.4) is 0 Å². The molecule has 1 N–H and O–H groups in total. The number of carbonyl (C=O) groups is 1. The van der Waals surface area contributed by atoms with Crippen LogP contribution in [0.25, 0.3) is 16.0 Å². The first-order chi connectivity index (χ1) is 12.0. The number of imidazole rings is 1. The average molecular weight is 352 g/mol. The molecule has 0 aliphatic rings. The molecule has 4 rings (SSSR count). The van der Waals surface area contributed by atoms with E-state index in [2.05, 4.69) is 10.3 Å². The zero-order chi connectivity index (χ0) is 17.6. The van der Waals surface area contributed by atoms with E-state index in [1.807, 2.05) is 35.6 Å². The summed E-state index contributed by atoms with van der Waals surface area (Å²) in [5.74, 6) is -0.258. The number of anilines is 1. The Bertz CT molecular complexity index is 1130. The standard InChI is InChI=1S/C17H12N4O3S/c1-10-15(16(22)18-11-6-8-12(9-7-11)21(23)24)25-17-19-13-4-2-3-5-14(13)20(10)17/h2-9H,1H3,(H,18,22). The Labute approximate surface area is 145 Å². The molecule has 0 fully saturated rings. The highest BCUT2D eigenvalue weighted by Crippen LogP contribution is 2.28. The number of amides is 1. The minimum atomic E-state index is -0.477. The second-order valence-corrected chi connectivity index (χ2v) is 6.47. The number of non-ortho nitro benzene ring substituents is 1. The van der Waals surface area contributed by atoms with E-state index >= 15 is 0 Å². The summed E-state index contributed by atoms with van der Waals surface area (Å²) in [6, 6.07) is 13.5. The SMILES string of the molecule is Cc1c(C(=O)Nc2ccc([N+](=O)[O-])cc2)sc2nc3ccccc3n12. The number of para-hydroxylation sites is 2. The van der Waals surface area contributed by atoms with Gasteiger partial charge in [-0.15, -0.1) is 0 Å². The molecule has 0 saturated carbocycles. The quantitative estimate of drug-likeness (QED) is 0.445. The lowest BCUT2D eigenvalue weighted by atomic mass is 10.2. The van der Waals surface area contributed by atoms with E-state index in [1.165, 1.54) is 35.6 Å². The van der Waals surface area contributed by atoms with Gasteiger partial charge in [0.15, 0.2) is 4.96 Å². The van der Waals surface area contributed by atoms with Crippen LogP contribution < -0.4 is 5.32 Å². The fourth-order valence-corrected chi connectivity index (χ4v) is 3.76. The Morgan fingerprint density at radius 3 is 2.64 bits per heavy atom. The Kier molecular flexibility index (Phi) is 3.47. The second-order valence-electron chi connectivity index (χ2n) is 5.49. The van der Waals surface area contributed by atoms with Gasteiger partial charge in [-0.05, 0) is 31.2 Å². The van der Waals surface area contributed by atoms with Crippen LogP contribution in [0, 0.1) is 17.0 Å². The predicted octanol–water partition coefficient (Wildman–Crippen LogP) is 4.02. The summed E-state index contributed by atoms with van der Waals surface area (Å²) in [5.41, 5.74) is 3.15. The Morgan fingerprint density at radius 2 is 1.92 bits per heavy atom. The first-order valence-electron chi connectivity index (χ1n) is 7.47. The highest BCUT2D eigenvalue weighted by Gasteiger charge is 2.19. The van der Waals surface area contributed by atoms with E-state index < -0.39 is 4.92 Å². The molecule has 0 atom stereocenters. The number of thiazole rings is 1. The molecule has 25 heavy (non-hydrogen) atoms. The molecule has 0 aliphatic heterocycles. The fourth-order valence-electron chi connectivity index (χ4n) is 2.73. The lowest BCUT2D eigenvalue weighted by Crippen LogP contribution is -2.11. The number of nitro groups is 1. The topological polar surface area (TPSA) is 89.5 Å². The van der Waals surface area contributed by atoms with Crippen molar-refractivity contribution in [2.75, 3.05) is 5.32 Å². The molecule has 7 nitrogen and oxygen atoms in total. The monoisotopic (exact) mass is 352 g/mol. The number of hydrogen-bond acceptors (Lipinski definition) is 5. The summed E-state index contributed by atoms with van der Waals surface area (Å²) in [6.07, 6.45) is 0. The van der Waals surface area contributed by atoms with Gasteiger partial charge in [0.05, 0.1) is 16.0 Å². The first-order valence-corrected chi connectivity index (χ1v) is 8.28. The molecular formula is C17H12N4O3S. The van der Waals surface area contributed by atoms with Crippen LogP contribution in [0.4, 0.5) is 11.4 Å². The van der Waals surface area contributed by atoms with Gasteiger partial charge in [-0.1, -0.05) is 23.5 Å². The van der Waals surface area contributed by atoms with Crippen molar-refractivity contribution in [1.29, 1.82) is 0 Å². The van der Waals surface area contributed by atoms with Crippen molar-refractivity contribution < 1.29 is 9.72 Å². The van der Waals surface area contributed by atoms with Gasteiger partial charge in [-0.25, -0.2) is 4.98 Å². The van der Waals surface area contributed by atoms with Crippen LogP contribution >= 0.6 is 11.3 Å². The zero-order valence-corrected chi connectivity index (χ0v) is 13.9. The van der Waals surface area contributed by atoms with Crippen LogP contribution in [0.15, 0.2) is 48.5 Å². The van der Waals surface area contributed by atoms with Crippen molar-refractivity contribution in [3.63, 3.8) is 0 Å². The van der Waals surface area contributed by atoms with Gasteiger partial charge in [0, 0.05) is 23.5 Å². The van der Waals surface area contributed by atoms with Crippen molar-refractivity contribution in [2.24, 2.45) is 0 Å². The minimum Gasteiger partial charge on any atom is -0.321 e. The smallest absolute Gasteiger partial charge is 0.269 e. The number of hydrogen-bond donors (Lipinski definition) is 1. The first kappa shape index (κ1) is 15.3. The Morgan fingerprint density at radius 1 is 1.20 bits per heavy atom. The number of benzene rings is 2. The second kappa shape index (κ2) is 5.67. The molecular weight excluding hydrogens is 340 g/mol. The third kappa shape index (κ3) is 2.52. The van der Waals surface area contributed by atoms with E-state index in [-0.39, 0.29) is 11.6 Å². The van der Waals surface area contributed by atoms with Gasteiger partial charge in [-0.3, -0.25) is 19.3 Å². The molecule has 0 spiro atoms. The molecule has 0 radical (unpaired) electrons. The Balaban J connectivity index is 1.68. The van der Waals surface area contributed by atoms with Crippen LogP contribution in [0.2, 0.25) is 0 Å². The number of nitro benzene ring substituents is 1. The predicted molar refractivity (Wildman–Crippen MR) is 96.4 cm³/mol. The molecule has 2 aromatic carbocycles. The fraction of sp³-hybridized carbons (Fsp3) is 0.0588. The van der Waals surface area contributed by atoms with Gasteiger partial charge in [-0.2, -0.15) is 0 Å². The van der Waals surface area contributed by atoms with E-state index in [9.17, 15) is 14.9 Å². The van der Waals surface area contributed by atoms with Crippen LogP contribution in [-0.2, 0) is 0 Å². The summed E-state index contributed by atoms with van der Waals surface area (Å²) in [7, 11) is 0. The Hall–Kier alpha value is -3.26.